The van der Waals surface area contributed by atoms with Crippen LogP contribution in [0.5, 0.6) is 0 Å². The second-order valence-corrected chi connectivity index (χ2v) is 7.30. The van der Waals surface area contributed by atoms with Crippen LogP contribution < -0.4 is 10.6 Å². The van der Waals surface area contributed by atoms with Crippen LogP contribution in [0.3, 0.4) is 0 Å². The number of hydrogen-bond acceptors (Lipinski definition) is 2. The summed E-state index contributed by atoms with van der Waals surface area (Å²) >= 11 is 0. The van der Waals surface area contributed by atoms with Crippen molar-refractivity contribution < 1.29 is 9.59 Å². The van der Waals surface area contributed by atoms with Gasteiger partial charge in [-0.05, 0) is 26.3 Å². The van der Waals surface area contributed by atoms with Gasteiger partial charge in [0.15, 0.2) is 0 Å². The molecule has 0 bridgehead atoms. The highest BCUT2D eigenvalue weighted by Gasteiger charge is 2.24. The number of amides is 2. The number of rotatable bonds is 5. The first-order chi connectivity index (χ1) is 10.0. The highest BCUT2D eigenvalue weighted by Crippen LogP contribution is 2.21. The molecule has 122 valence electrons. The van der Waals surface area contributed by atoms with E-state index in [1.165, 1.54) is 0 Å². The molecule has 4 heteroatoms. The lowest BCUT2D eigenvalue weighted by Gasteiger charge is -2.27. The SMILES string of the molecule is Cc1cccc(C(C)(C)NC(=O)CCNC(=O)C(C)(C)C)c1. The fraction of sp³-hybridized carbons (Fsp3) is 0.556. The molecule has 1 rings (SSSR count). The lowest BCUT2D eigenvalue weighted by atomic mass is 9.93. The van der Waals surface area contributed by atoms with E-state index in [4.69, 9.17) is 0 Å². The molecule has 0 aromatic heterocycles. The van der Waals surface area contributed by atoms with Crippen molar-refractivity contribution in [2.45, 2.75) is 53.5 Å². The molecule has 0 radical (unpaired) electrons. The summed E-state index contributed by atoms with van der Waals surface area (Å²) in [7, 11) is 0. The van der Waals surface area contributed by atoms with Gasteiger partial charge in [-0.2, -0.15) is 0 Å². The molecule has 22 heavy (non-hydrogen) atoms. The van der Waals surface area contributed by atoms with E-state index in [0.29, 0.717) is 6.54 Å². The Kier molecular flexibility index (Phi) is 5.75. The van der Waals surface area contributed by atoms with E-state index in [0.717, 1.165) is 11.1 Å². The Hall–Kier alpha value is -1.84. The molecule has 0 fully saturated rings. The van der Waals surface area contributed by atoms with Crippen LogP contribution in [-0.2, 0) is 15.1 Å². The van der Waals surface area contributed by atoms with Crippen molar-refractivity contribution in [1.82, 2.24) is 10.6 Å². The minimum absolute atomic E-state index is 0.0433. The zero-order chi connectivity index (χ0) is 17.0. The van der Waals surface area contributed by atoms with Gasteiger partial charge in [0.2, 0.25) is 11.8 Å². The molecule has 0 heterocycles. The first-order valence-corrected chi connectivity index (χ1v) is 7.69. The van der Waals surface area contributed by atoms with Crippen molar-refractivity contribution in [3.63, 3.8) is 0 Å². The molecule has 0 saturated heterocycles. The van der Waals surface area contributed by atoms with Crippen LogP contribution in [0.15, 0.2) is 24.3 Å². The minimum atomic E-state index is -0.433. The summed E-state index contributed by atoms with van der Waals surface area (Å²) in [5.74, 6) is -0.112. The fourth-order valence-electron chi connectivity index (χ4n) is 2.07. The zero-order valence-electron chi connectivity index (χ0n) is 14.5. The van der Waals surface area contributed by atoms with E-state index in [2.05, 4.69) is 16.7 Å². The lowest BCUT2D eigenvalue weighted by Crippen LogP contribution is -2.43. The van der Waals surface area contributed by atoms with Gasteiger partial charge in [-0.3, -0.25) is 9.59 Å². The van der Waals surface area contributed by atoms with Crippen molar-refractivity contribution in [1.29, 1.82) is 0 Å². The van der Waals surface area contributed by atoms with Crippen LogP contribution in [-0.4, -0.2) is 18.4 Å². The van der Waals surface area contributed by atoms with E-state index < -0.39 is 11.0 Å². The van der Waals surface area contributed by atoms with Gasteiger partial charge in [-0.1, -0.05) is 50.6 Å². The van der Waals surface area contributed by atoms with Crippen molar-refractivity contribution in [2.24, 2.45) is 5.41 Å². The largest absolute Gasteiger partial charge is 0.355 e. The third-order valence-electron chi connectivity index (χ3n) is 3.51. The minimum Gasteiger partial charge on any atom is -0.355 e. The van der Waals surface area contributed by atoms with Gasteiger partial charge in [0.05, 0.1) is 5.54 Å². The Morgan fingerprint density at radius 3 is 2.27 bits per heavy atom. The molecular formula is C18H28N2O2. The van der Waals surface area contributed by atoms with Gasteiger partial charge in [0.1, 0.15) is 0 Å². The van der Waals surface area contributed by atoms with Gasteiger partial charge in [0, 0.05) is 18.4 Å². The Bertz CT molecular complexity index is 542. The molecule has 1 aromatic rings. The Labute approximate surface area is 133 Å². The maximum atomic E-state index is 12.1. The summed E-state index contributed by atoms with van der Waals surface area (Å²) in [6.07, 6.45) is 0.275. The standard InChI is InChI=1S/C18H28N2O2/c1-13-8-7-9-14(12-13)18(5,6)20-15(21)10-11-19-16(22)17(2,3)4/h7-9,12H,10-11H2,1-6H3,(H,19,22)(H,20,21). The molecule has 1 aromatic carbocycles. The van der Waals surface area contributed by atoms with E-state index in [1.807, 2.05) is 59.7 Å². The van der Waals surface area contributed by atoms with Crippen LogP contribution in [0, 0.1) is 12.3 Å². The topological polar surface area (TPSA) is 58.2 Å². The third kappa shape index (κ3) is 5.51. The Morgan fingerprint density at radius 1 is 1.09 bits per heavy atom. The average molecular weight is 304 g/mol. The molecule has 2 N–H and O–H groups in total. The smallest absolute Gasteiger partial charge is 0.225 e. The van der Waals surface area contributed by atoms with Crippen LogP contribution in [0.1, 0.15) is 52.2 Å². The molecule has 2 amide bonds. The summed E-state index contributed by atoms with van der Waals surface area (Å²) in [5, 5.41) is 5.81. The maximum Gasteiger partial charge on any atom is 0.225 e. The molecule has 0 aliphatic heterocycles. The van der Waals surface area contributed by atoms with Crippen molar-refractivity contribution in [3.8, 4) is 0 Å². The Balaban J connectivity index is 2.52. The van der Waals surface area contributed by atoms with Crippen molar-refractivity contribution in [2.75, 3.05) is 6.54 Å². The third-order valence-corrected chi connectivity index (χ3v) is 3.51. The van der Waals surface area contributed by atoms with Gasteiger partial charge in [0.25, 0.3) is 0 Å². The molecule has 0 saturated carbocycles. The molecule has 0 unspecified atom stereocenters. The second kappa shape index (κ2) is 6.95. The van der Waals surface area contributed by atoms with E-state index in [-0.39, 0.29) is 18.2 Å². The highest BCUT2D eigenvalue weighted by molar-refractivity contribution is 5.82. The molecule has 0 aliphatic carbocycles. The number of hydrogen-bond donors (Lipinski definition) is 2. The monoisotopic (exact) mass is 304 g/mol. The summed E-state index contributed by atoms with van der Waals surface area (Å²) in [6.45, 7) is 11.9. The van der Waals surface area contributed by atoms with Gasteiger partial charge < -0.3 is 10.6 Å². The number of carbonyl (C=O) groups is 2. The normalized spacial score (nSPS) is 11.9. The number of aryl methyl sites for hydroxylation is 1. The zero-order valence-corrected chi connectivity index (χ0v) is 14.5. The first kappa shape index (κ1) is 18.2. The molecule has 4 nitrogen and oxygen atoms in total. The van der Waals surface area contributed by atoms with E-state index in [1.54, 1.807) is 0 Å². The first-order valence-electron chi connectivity index (χ1n) is 7.69. The maximum absolute atomic E-state index is 12.1. The van der Waals surface area contributed by atoms with Gasteiger partial charge in [-0.25, -0.2) is 0 Å². The average Bonchev–Trinajstić information content (AvgIpc) is 2.36. The van der Waals surface area contributed by atoms with Crippen molar-refractivity contribution >= 4 is 11.8 Å². The van der Waals surface area contributed by atoms with Gasteiger partial charge >= 0.3 is 0 Å². The second-order valence-electron chi connectivity index (χ2n) is 7.30. The van der Waals surface area contributed by atoms with E-state index in [9.17, 15) is 9.59 Å². The number of carbonyl (C=O) groups excluding carboxylic acids is 2. The summed E-state index contributed by atoms with van der Waals surface area (Å²) in [5.41, 5.74) is 1.37. The van der Waals surface area contributed by atoms with Gasteiger partial charge in [-0.15, -0.1) is 0 Å². The summed E-state index contributed by atoms with van der Waals surface area (Å²) in [6, 6.07) is 8.10. The lowest BCUT2D eigenvalue weighted by molar-refractivity contribution is -0.128. The van der Waals surface area contributed by atoms with E-state index >= 15 is 0 Å². The predicted molar refractivity (Wildman–Crippen MR) is 89.4 cm³/mol. The van der Waals surface area contributed by atoms with Crippen molar-refractivity contribution in [3.05, 3.63) is 35.4 Å². The number of nitrogens with one attached hydrogen (secondary N) is 2. The quantitative estimate of drug-likeness (QED) is 0.879. The Morgan fingerprint density at radius 2 is 1.73 bits per heavy atom. The highest BCUT2D eigenvalue weighted by atomic mass is 16.2. The molecule has 0 aliphatic rings. The predicted octanol–water partition coefficient (Wildman–Crippen LogP) is 2.90. The summed E-state index contributed by atoms with van der Waals surface area (Å²) in [4.78, 5) is 23.8. The fourth-order valence-corrected chi connectivity index (χ4v) is 2.07. The summed E-state index contributed by atoms with van der Waals surface area (Å²) < 4.78 is 0. The van der Waals surface area contributed by atoms with Crippen LogP contribution >= 0.6 is 0 Å². The molecule has 0 spiro atoms. The van der Waals surface area contributed by atoms with Crippen LogP contribution in [0.4, 0.5) is 0 Å². The van der Waals surface area contributed by atoms with Crippen LogP contribution in [0.25, 0.3) is 0 Å². The van der Waals surface area contributed by atoms with Crippen LogP contribution in [0.2, 0.25) is 0 Å². The number of benzene rings is 1. The molecule has 0 atom stereocenters. The molecular weight excluding hydrogens is 276 g/mol.